The predicted octanol–water partition coefficient (Wildman–Crippen LogP) is 5.35. The van der Waals surface area contributed by atoms with E-state index in [-0.39, 0.29) is 15.7 Å². The Hall–Kier alpha value is -4.33. The smallest absolute Gasteiger partial charge is 0.231 e. The fraction of sp³-hybridized carbons (Fsp3) is 0.143. The van der Waals surface area contributed by atoms with E-state index in [1.54, 1.807) is 62.4 Å². The molecule has 0 aliphatic carbocycles. The highest BCUT2D eigenvalue weighted by Crippen LogP contribution is 2.22. The van der Waals surface area contributed by atoms with Crippen LogP contribution in [0, 0.1) is 0 Å². The molecule has 0 radical (unpaired) electrons. The third-order valence-electron chi connectivity index (χ3n) is 5.88. The molecule has 3 N–H and O–H groups in total. The Labute approximate surface area is 249 Å². The van der Waals surface area contributed by atoms with Crippen molar-refractivity contribution in [1.29, 1.82) is 0 Å². The second-order valence-electron chi connectivity index (χ2n) is 9.31. The van der Waals surface area contributed by atoms with Gasteiger partial charge in [-0.2, -0.15) is 20.2 Å². The fourth-order valence-corrected chi connectivity index (χ4v) is 5.06. The van der Waals surface area contributed by atoms with Crippen molar-refractivity contribution < 1.29 is 16.8 Å². The van der Waals surface area contributed by atoms with Crippen molar-refractivity contribution in [1.82, 2.24) is 9.97 Å². The Kier molecular flexibility index (Phi) is 9.24. The lowest BCUT2D eigenvalue weighted by Gasteiger charge is -2.11. The van der Waals surface area contributed by atoms with E-state index in [4.69, 9.17) is 11.6 Å². The lowest BCUT2D eigenvalue weighted by Crippen LogP contribution is -2.07. The van der Waals surface area contributed by atoms with Crippen molar-refractivity contribution in [3.8, 4) is 0 Å². The summed E-state index contributed by atoms with van der Waals surface area (Å²) in [6.07, 6.45) is 2.31. The summed E-state index contributed by atoms with van der Waals surface area (Å²) in [5.74, 6) is 0.921. The summed E-state index contributed by atoms with van der Waals surface area (Å²) < 4.78 is 47.0. The summed E-state index contributed by atoms with van der Waals surface area (Å²) in [6.45, 7) is 3.55. The first-order valence-corrected chi connectivity index (χ1v) is 16.6. The van der Waals surface area contributed by atoms with Crippen LogP contribution in [-0.4, -0.2) is 50.7 Å². The fourth-order valence-electron chi connectivity index (χ4n) is 3.61. The Morgan fingerprint density at radius 1 is 0.690 bits per heavy atom. The molecule has 0 aliphatic rings. The summed E-state index contributed by atoms with van der Waals surface area (Å²) in [4.78, 5) is 9.40. The van der Waals surface area contributed by atoms with Crippen LogP contribution in [0.25, 0.3) is 0 Å². The number of anilines is 4. The molecule has 0 aliphatic heterocycles. The Balaban J connectivity index is 1.60. The molecule has 0 atom stereocenters. The zero-order valence-electron chi connectivity index (χ0n) is 23.1. The van der Waals surface area contributed by atoms with Crippen LogP contribution in [0.2, 0.25) is 5.02 Å². The number of benzene rings is 3. The molecule has 3 aromatic carbocycles. The highest BCUT2D eigenvalue weighted by Gasteiger charge is 2.10. The summed E-state index contributed by atoms with van der Waals surface area (Å²) in [7, 11) is -6.61. The Morgan fingerprint density at radius 2 is 1.14 bits per heavy atom. The number of rotatable bonds is 10. The Bertz CT molecular complexity index is 1760. The van der Waals surface area contributed by atoms with Crippen LogP contribution in [0.4, 0.5) is 23.3 Å². The van der Waals surface area contributed by atoms with Crippen molar-refractivity contribution in [3.63, 3.8) is 0 Å². The molecule has 42 heavy (non-hydrogen) atoms. The molecule has 0 saturated carbocycles. The molecule has 1 aromatic heterocycles. The second kappa shape index (κ2) is 12.7. The molecule has 4 rings (SSSR count). The molecule has 4 aromatic rings. The molecule has 0 saturated heterocycles. The second-order valence-corrected chi connectivity index (χ2v) is 13.8. The van der Waals surface area contributed by atoms with Gasteiger partial charge in [-0.05, 0) is 67.4 Å². The minimum atomic E-state index is -3.31. The van der Waals surface area contributed by atoms with Crippen LogP contribution < -0.4 is 16.2 Å². The standard InChI is InChI=1S/C28H28ClN7O4S2/c1-18(20-8-12-24(13-9-20)41(3,37)38)33-35-26-17-27(32-28(31-26)30-23-7-5-6-22(29)16-23)36-34-19(2)21-10-14-25(15-11-21)42(4,39)40/h5-17H,1-4H3,(H3,30,31,32,35,36). The first-order chi connectivity index (χ1) is 19.8. The average molecular weight is 626 g/mol. The third kappa shape index (κ3) is 8.35. The first kappa shape index (κ1) is 30.6. The number of sulfone groups is 2. The molecule has 11 nitrogen and oxygen atoms in total. The molecule has 218 valence electrons. The van der Waals surface area contributed by atoms with E-state index in [0.29, 0.717) is 33.8 Å². The monoisotopic (exact) mass is 625 g/mol. The number of hydrogen-bond donors (Lipinski definition) is 3. The average Bonchev–Trinajstić information content (AvgIpc) is 2.94. The third-order valence-corrected chi connectivity index (χ3v) is 8.38. The maximum Gasteiger partial charge on any atom is 0.231 e. The van der Waals surface area contributed by atoms with Gasteiger partial charge in [0.15, 0.2) is 31.3 Å². The van der Waals surface area contributed by atoms with Crippen molar-refractivity contribution in [2.24, 2.45) is 10.2 Å². The van der Waals surface area contributed by atoms with Crippen LogP contribution >= 0.6 is 11.6 Å². The van der Waals surface area contributed by atoms with Gasteiger partial charge in [0, 0.05) is 29.3 Å². The summed E-state index contributed by atoms with van der Waals surface area (Å²) >= 11 is 6.12. The van der Waals surface area contributed by atoms with Crippen molar-refractivity contribution in [3.05, 3.63) is 95.0 Å². The van der Waals surface area contributed by atoms with Gasteiger partial charge < -0.3 is 5.32 Å². The molecule has 0 unspecified atom stereocenters. The lowest BCUT2D eigenvalue weighted by molar-refractivity contribution is 0.600. The predicted molar refractivity (Wildman–Crippen MR) is 168 cm³/mol. The van der Waals surface area contributed by atoms with Crippen molar-refractivity contribution in [2.45, 2.75) is 23.6 Å². The molecule has 0 fully saturated rings. The van der Waals surface area contributed by atoms with Gasteiger partial charge in [0.25, 0.3) is 0 Å². The van der Waals surface area contributed by atoms with Gasteiger partial charge in [0.1, 0.15) is 0 Å². The summed E-state index contributed by atoms with van der Waals surface area (Å²) in [6, 6.07) is 21.5. The maximum absolute atomic E-state index is 11.8. The van der Waals surface area contributed by atoms with E-state index in [9.17, 15) is 16.8 Å². The van der Waals surface area contributed by atoms with Gasteiger partial charge in [-0.15, -0.1) is 0 Å². The zero-order valence-corrected chi connectivity index (χ0v) is 25.5. The topological polar surface area (TPSA) is 155 Å². The maximum atomic E-state index is 11.8. The zero-order chi connectivity index (χ0) is 30.5. The number of nitrogens with zero attached hydrogens (tertiary/aromatic N) is 4. The highest BCUT2D eigenvalue weighted by molar-refractivity contribution is 7.91. The van der Waals surface area contributed by atoms with Crippen LogP contribution in [0.1, 0.15) is 25.0 Å². The minimum absolute atomic E-state index is 0.220. The van der Waals surface area contributed by atoms with Gasteiger partial charge in [0.05, 0.1) is 21.2 Å². The molecule has 0 amide bonds. The molecular formula is C28H28ClN7O4S2. The van der Waals surface area contributed by atoms with Crippen molar-refractivity contribution >= 4 is 66.0 Å². The van der Waals surface area contributed by atoms with Crippen LogP contribution in [0.5, 0.6) is 0 Å². The molecular weight excluding hydrogens is 598 g/mol. The molecule has 14 heteroatoms. The van der Waals surface area contributed by atoms with Gasteiger partial charge in [-0.25, -0.2) is 16.8 Å². The highest BCUT2D eigenvalue weighted by atomic mass is 35.5. The number of hydrazone groups is 2. The van der Waals surface area contributed by atoms with E-state index in [2.05, 4.69) is 36.3 Å². The van der Waals surface area contributed by atoms with Crippen molar-refractivity contribution in [2.75, 3.05) is 28.7 Å². The molecule has 0 bridgehead atoms. The summed E-state index contributed by atoms with van der Waals surface area (Å²) in [5.41, 5.74) is 9.13. The number of nitrogens with one attached hydrogen (secondary N) is 3. The van der Waals surface area contributed by atoms with E-state index in [1.165, 1.54) is 24.3 Å². The van der Waals surface area contributed by atoms with E-state index in [0.717, 1.165) is 23.6 Å². The first-order valence-electron chi connectivity index (χ1n) is 12.4. The summed E-state index contributed by atoms with van der Waals surface area (Å²) in [5, 5.41) is 12.4. The Morgan fingerprint density at radius 3 is 1.55 bits per heavy atom. The van der Waals surface area contributed by atoms with E-state index in [1.807, 2.05) is 6.07 Å². The van der Waals surface area contributed by atoms with E-state index < -0.39 is 19.7 Å². The van der Waals surface area contributed by atoms with Crippen LogP contribution in [-0.2, 0) is 19.7 Å². The largest absolute Gasteiger partial charge is 0.324 e. The number of halogens is 1. The van der Waals surface area contributed by atoms with Gasteiger partial charge in [0.2, 0.25) is 5.95 Å². The normalized spacial score (nSPS) is 12.6. The van der Waals surface area contributed by atoms with Gasteiger partial charge in [-0.1, -0.05) is 41.9 Å². The molecule has 1 heterocycles. The minimum Gasteiger partial charge on any atom is -0.324 e. The van der Waals surface area contributed by atoms with Gasteiger partial charge >= 0.3 is 0 Å². The molecule has 0 spiro atoms. The number of hydrogen-bond acceptors (Lipinski definition) is 11. The van der Waals surface area contributed by atoms with Crippen LogP contribution in [0.3, 0.4) is 0 Å². The quantitative estimate of drug-likeness (QED) is 0.156. The SMILES string of the molecule is CC(=NNc1cc(NN=C(C)c2ccc(S(C)(=O)=O)cc2)nc(Nc2cccc(Cl)c2)n1)c1ccc(S(C)(=O)=O)cc1. The van der Waals surface area contributed by atoms with E-state index >= 15 is 0 Å². The lowest BCUT2D eigenvalue weighted by atomic mass is 10.1. The number of aromatic nitrogens is 2. The van der Waals surface area contributed by atoms with Crippen LogP contribution in [0.15, 0.2) is 98.9 Å². The van der Waals surface area contributed by atoms with Gasteiger partial charge in [-0.3, -0.25) is 10.9 Å².